The fraction of sp³-hybridized carbons (Fsp3) is 0.500. The number of ether oxygens (including phenoxy) is 2. The van der Waals surface area contributed by atoms with Gasteiger partial charge >= 0.3 is 0 Å². The highest BCUT2D eigenvalue weighted by atomic mass is 16.5. The molecule has 0 aliphatic carbocycles. The Morgan fingerprint density at radius 3 is 2.50 bits per heavy atom. The number of unbranched alkanes of at least 4 members (excludes halogenated alkanes) is 2. The van der Waals surface area contributed by atoms with E-state index in [-0.39, 0.29) is 11.3 Å². The van der Waals surface area contributed by atoms with E-state index < -0.39 is 23.5 Å². The van der Waals surface area contributed by atoms with Gasteiger partial charge in [0.25, 0.3) is 5.91 Å². The molecule has 8 heteroatoms. The van der Waals surface area contributed by atoms with Gasteiger partial charge in [-0.25, -0.2) is 0 Å². The summed E-state index contributed by atoms with van der Waals surface area (Å²) >= 11 is 0. The molecule has 0 bridgehead atoms. The lowest BCUT2D eigenvalue weighted by Crippen LogP contribution is -2.33. The molecule has 0 radical (unpaired) electrons. The summed E-state index contributed by atoms with van der Waals surface area (Å²) in [6.07, 6.45) is 3.80. The van der Waals surface area contributed by atoms with Crippen molar-refractivity contribution in [2.24, 2.45) is 0 Å². The molecule has 2 aromatic rings. The molecule has 1 amide bonds. The Hall–Kier alpha value is -3.26. The molecule has 0 saturated heterocycles. The summed E-state index contributed by atoms with van der Waals surface area (Å²) < 4.78 is 17.4. The van der Waals surface area contributed by atoms with Gasteiger partial charge < -0.3 is 28.8 Å². The van der Waals surface area contributed by atoms with E-state index >= 15 is 0 Å². The highest BCUT2D eigenvalue weighted by molar-refractivity contribution is 6.15. The molecule has 1 aliphatic heterocycles. The third kappa shape index (κ3) is 6.29. The Morgan fingerprint density at radius 2 is 1.86 bits per heavy atom. The van der Waals surface area contributed by atoms with E-state index in [9.17, 15) is 14.7 Å². The summed E-state index contributed by atoms with van der Waals surface area (Å²) in [5.74, 6) is 0.201. The molecule has 0 spiro atoms. The molecule has 196 valence electrons. The Balaban J connectivity index is 2.00. The third-order valence-corrected chi connectivity index (χ3v) is 6.11. The van der Waals surface area contributed by atoms with Crippen molar-refractivity contribution in [1.82, 2.24) is 9.80 Å². The number of benzene rings is 1. The zero-order valence-corrected chi connectivity index (χ0v) is 22.0. The second-order valence-electron chi connectivity index (χ2n) is 9.25. The van der Waals surface area contributed by atoms with E-state index in [1.165, 1.54) is 0 Å². The van der Waals surface area contributed by atoms with Gasteiger partial charge in [-0.3, -0.25) is 9.59 Å². The Labute approximate surface area is 213 Å². The van der Waals surface area contributed by atoms with Gasteiger partial charge in [-0.05, 0) is 77.2 Å². The molecule has 1 aliphatic rings. The van der Waals surface area contributed by atoms with Crippen LogP contribution in [0.2, 0.25) is 0 Å². The molecule has 36 heavy (non-hydrogen) atoms. The summed E-state index contributed by atoms with van der Waals surface area (Å²) in [6, 6.07) is 7.91. The molecule has 1 aromatic carbocycles. The van der Waals surface area contributed by atoms with Crippen LogP contribution >= 0.6 is 0 Å². The van der Waals surface area contributed by atoms with Crippen LogP contribution in [-0.4, -0.2) is 67.0 Å². The quantitative estimate of drug-likeness (QED) is 0.287. The molecule has 1 aromatic heterocycles. The lowest BCUT2D eigenvalue weighted by molar-refractivity contribution is -0.129. The van der Waals surface area contributed by atoms with E-state index in [0.717, 1.165) is 25.8 Å². The van der Waals surface area contributed by atoms with Gasteiger partial charge in [-0.2, -0.15) is 0 Å². The van der Waals surface area contributed by atoms with Gasteiger partial charge in [0.2, 0.25) is 5.78 Å². The molecule has 0 saturated carbocycles. The topological polar surface area (TPSA) is 92.5 Å². The van der Waals surface area contributed by atoms with Crippen LogP contribution in [0.25, 0.3) is 0 Å². The van der Waals surface area contributed by atoms with Crippen molar-refractivity contribution in [3.63, 3.8) is 0 Å². The summed E-state index contributed by atoms with van der Waals surface area (Å²) in [4.78, 5) is 30.2. The zero-order chi connectivity index (χ0) is 26.2. The first-order valence-corrected chi connectivity index (χ1v) is 12.7. The number of aryl methyl sites for hydroxylation is 1. The largest absolute Gasteiger partial charge is 0.503 e. The zero-order valence-electron chi connectivity index (χ0n) is 22.0. The second-order valence-corrected chi connectivity index (χ2v) is 9.25. The first-order valence-electron chi connectivity index (χ1n) is 12.7. The number of aliphatic hydroxyl groups is 1. The first-order chi connectivity index (χ1) is 17.3. The number of Topliss-reactive ketones (excluding diaryl/α,β-unsaturated/α-hetero) is 1. The molecule has 1 atom stereocenters. The van der Waals surface area contributed by atoms with E-state index in [1.54, 1.807) is 30.0 Å². The number of rotatable bonds is 14. The minimum atomic E-state index is -0.772. The number of furan rings is 1. The average Bonchev–Trinajstić information content (AvgIpc) is 3.39. The number of nitrogens with zero attached hydrogens (tertiary/aromatic N) is 2. The number of hydrogen-bond acceptors (Lipinski definition) is 7. The van der Waals surface area contributed by atoms with E-state index in [1.807, 2.05) is 38.1 Å². The SMILES string of the molecule is CCCCCOc1ccc(C2C(C(=O)c3ccc(C)o3)=C(O)C(=O)N2CCCN(C)C)cc1OCC. The van der Waals surface area contributed by atoms with Gasteiger partial charge in [-0.1, -0.05) is 25.8 Å². The number of carbonyl (C=O) groups is 2. The highest BCUT2D eigenvalue weighted by Gasteiger charge is 2.44. The third-order valence-electron chi connectivity index (χ3n) is 6.11. The lowest BCUT2D eigenvalue weighted by Gasteiger charge is -2.28. The van der Waals surface area contributed by atoms with Gasteiger partial charge in [-0.15, -0.1) is 0 Å². The van der Waals surface area contributed by atoms with Gasteiger partial charge in [0, 0.05) is 6.54 Å². The molecule has 0 fully saturated rings. The van der Waals surface area contributed by atoms with E-state index in [4.69, 9.17) is 13.9 Å². The summed E-state index contributed by atoms with van der Waals surface area (Å²) in [7, 11) is 3.92. The summed E-state index contributed by atoms with van der Waals surface area (Å²) in [5, 5.41) is 10.9. The van der Waals surface area contributed by atoms with Crippen LogP contribution in [-0.2, 0) is 4.79 Å². The molecule has 1 unspecified atom stereocenters. The molecule has 3 rings (SSSR count). The average molecular weight is 499 g/mol. The highest BCUT2D eigenvalue weighted by Crippen LogP contribution is 2.42. The van der Waals surface area contributed by atoms with Gasteiger partial charge in [0.05, 0.1) is 24.8 Å². The number of amides is 1. The van der Waals surface area contributed by atoms with Gasteiger partial charge in [0.1, 0.15) is 5.76 Å². The first kappa shape index (κ1) is 27.3. The van der Waals surface area contributed by atoms with Crippen LogP contribution < -0.4 is 9.47 Å². The molecular formula is C28H38N2O6. The van der Waals surface area contributed by atoms with Crippen LogP contribution in [0.5, 0.6) is 11.5 Å². The number of hydrogen-bond donors (Lipinski definition) is 1. The number of carbonyl (C=O) groups excluding carboxylic acids is 2. The predicted octanol–water partition coefficient (Wildman–Crippen LogP) is 5.09. The van der Waals surface area contributed by atoms with Gasteiger partial charge in [0.15, 0.2) is 23.0 Å². The maximum absolute atomic E-state index is 13.5. The van der Waals surface area contributed by atoms with Crippen molar-refractivity contribution < 1.29 is 28.6 Å². The van der Waals surface area contributed by atoms with Crippen molar-refractivity contribution in [1.29, 1.82) is 0 Å². The molecule has 8 nitrogen and oxygen atoms in total. The Morgan fingerprint density at radius 1 is 1.08 bits per heavy atom. The standard InChI is InChI=1S/C28H38N2O6/c1-6-8-9-17-35-21-14-12-20(18-23(21)34-7-2)25-24(26(31)22-13-11-19(3)36-22)27(32)28(33)30(25)16-10-15-29(4)5/h11-14,18,25,32H,6-10,15-17H2,1-5H3. The smallest absolute Gasteiger partial charge is 0.290 e. The summed E-state index contributed by atoms with van der Waals surface area (Å²) in [5.41, 5.74) is 0.673. The predicted molar refractivity (Wildman–Crippen MR) is 138 cm³/mol. The van der Waals surface area contributed by atoms with E-state index in [0.29, 0.717) is 49.0 Å². The van der Waals surface area contributed by atoms with Crippen molar-refractivity contribution >= 4 is 11.7 Å². The molecule has 2 heterocycles. The van der Waals surface area contributed by atoms with Crippen LogP contribution in [0.1, 0.15) is 67.5 Å². The lowest BCUT2D eigenvalue weighted by atomic mass is 9.94. The maximum Gasteiger partial charge on any atom is 0.290 e. The molecule has 1 N–H and O–H groups in total. The van der Waals surface area contributed by atoms with Crippen molar-refractivity contribution in [2.75, 3.05) is 40.4 Å². The fourth-order valence-electron chi connectivity index (χ4n) is 4.33. The monoisotopic (exact) mass is 498 g/mol. The normalized spacial score (nSPS) is 15.8. The van der Waals surface area contributed by atoms with Crippen LogP contribution in [0.15, 0.2) is 46.1 Å². The molecular weight excluding hydrogens is 460 g/mol. The maximum atomic E-state index is 13.5. The number of ketones is 1. The van der Waals surface area contributed by atoms with E-state index in [2.05, 4.69) is 6.92 Å². The van der Waals surface area contributed by atoms with Crippen LogP contribution in [0, 0.1) is 6.92 Å². The Kier molecular flexibility index (Phi) is 9.58. The summed E-state index contributed by atoms with van der Waals surface area (Å²) in [6.45, 7) is 7.91. The van der Waals surface area contributed by atoms with Crippen LogP contribution in [0.3, 0.4) is 0 Å². The van der Waals surface area contributed by atoms with Crippen LogP contribution in [0.4, 0.5) is 0 Å². The van der Waals surface area contributed by atoms with Crippen molar-refractivity contribution in [3.05, 3.63) is 58.7 Å². The second kappa shape index (κ2) is 12.6. The minimum Gasteiger partial charge on any atom is -0.503 e. The Bertz CT molecular complexity index is 1090. The van der Waals surface area contributed by atoms with Crippen molar-refractivity contribution in [2.45, 2.75) is 52.5 Å². The fourth-order valence-corrected chi connectivity index (χ4v) is 4.33. The number of aliphatic hydroxyl groups excluding tert-OH is 1. The van der Waals surface area contributed by atoms with Crippen molar-refractivity contribution in [3.8, 4) is 11.5 Å². The minimum absolute atomic E-state index is 0.0123.